The summed E-state index contributed by atoms with van der Waals surface area (Å²) in [7, 11) is 0. The van der Waals surface area contributed by atoms with Crippen LogP contribution in [-0.2, 0) is 35.1 Å². The van der Waals surface area contributed by atoms with E-state index in [-0.39, 0.29) is 54.5 Å². The normalized spacial score (nSPS) is 17.4. The van der Waals surface area contributed by atoms with Gasteiger partial charge in [-0.2, -0.15) is 0 Å². The summed E-state index contributed by atoms with van der Waals surface area (Å²) in [6.07, 6.45) is 5.76. The molecule has 0 spiro atoms. The van der Waals surface area contributed by atoms with Crippen LogP contribution in [0.25, 0.3) is 0 Å². The molecule has 9 heteroatoms. The third kappa shape index (κ3) is 11.8. The van der Waals surface area contributed by atoms with Crippen molar-refractivity contribution in [3.8, 4) is 11.5 Å². The maximum absolute atomic E-state index is 12.8. The zero-order valence-electron chi connectivity index (χ0n) is 25.6. The zero-order valence-corrected chi connectivity index (χ0v) is 25.6. The van der Waals surface area contributed by atoms with E-state index >= 15 is 0 Å². The van der Waals surface area contributed by atoms with Crippen LogP contribution < -0.4 is 15.2 Å². The molecule has 2 N–H and O–H groups in total. The Kier molecular flexibility index (Phi) is 14.3. The molecule has 1 aromatic carbocycles. The number of hydrogen-bond donors (Lipinski definition) is 1. The molecule has 41 heavy (non-hydrogen) atoms. The fourth-order valence-electron chi connectivity index (χ4n) is 4.45. The summed E-state index contributed by atoms with van der Waals surface area (Å²) in [6, 6.07) is 3.76. The first-order chi connectivity index (χ1) is 19.4. The fraction of sp³-hybridized carbons (Fsp3) is 0.688. The summed E-state index contributed by atoms with van der Waals surface area (Å²) >= 11 is 0. The van der Waals surface area contributed by atoms with Crippen LogP contribution >= 0.6 is 0 Å². The third-order valence-electron chi connectivity index (χ3n) is 7.84. The van der Waals surface area contributed by atoms with E-state index in [9.17, 15) is 19.2 Å². The lowest BCUT2D eigenvalue weighted by molar-refractivity contribution is -0.169. The molecule has 0 heterocycles. The Bertz CT molecular complexity index is 1020. The molecular weight excluding hydrogens is 526 g/mol. The van der Waals surface area contributed by atoms with E-state index in [1.807, 2.05) is 27.7 Å². The van der Waals surface area contributed by atoms with Crippen molar-refractivity contribution < 1.29 is 38.1 Å². The smallest absolute Gasteiger partial charge is 0.323 e. The fourth-order valence-corrected chi connectivity index (χ4v) is 4.45. The molecule has 3 unspecified atom stereocenters. The van der Waals surface area contributed by atoms with Crippen LogP contribution in [0.3, 0.4) is 0 Å². The summed E-state index contributed by atoms with van der Waals surface area (Å²) in [6.45, 7) is 11.3. The van der Waals surface area contributed by atoms with Gasteiger partial charge >= 0.3 is 23.9 Å². The highest BCUT2D eigenvalue weighted by Crippen LogP contribution is 2.31. The maximum atomic E-state index is 12.8. The number of ether oxygens (including phenoxy) is 4. The van der Waals surface area contributed by atoms with Crippen LogP contribution in [0.2, 0.25) is 0 Å². The van der Waals surface area contributed by atoms with E-state index in [4.69, 9.17) is 24.7 Å². The largest absolute Gasteiger partial charge is 0.459 e. The zero-order chi connectivity index (χ0) is 30.5. The summed E-state index contributed by atoms with van der Waals surface area (Å²) in [5.74, 6) is -1.31. The molecule has 9 nitrogen and oxygen atoms in total. The quantitative estimate of drug-likeness (QED) is 0.207. The van der Waals surface area contributed by atoms with Gasteiger partial charge in [0, 0.05) is 12.8 Å². The molecule has 1 aromatic rings. The van der Waals surface area contributed by atoms with Crippen molar-refractivity contribution in [3.05, 3.63) is 23.8 Å². The topological polar surface area (TPSA) is 131 Å². The highest BCUT2D eigenvalue weighted by molar-refractivity contribution is 5.78. The van der Waals surface area contributed by atoms with E-state index in [0.717, 1.165) is 44.9 Å². The number of carbonyl (C=O) groups is 4. The molecule has 0 bridgehead atoms. The molecule has 0 aliphatic heterocycles. The van der Waals surface area contributed by atoms with Gasteiger partial charge in [-0.15, -0.1) is 0 Å². The van der Waals surface area contributed by atoms with Gasteiger partial charge in [-0.3, -0.25) is 19.2 Å². The van der Waals surface area contributed by atoms with Gasteiger partial charge in [-0.25, -0.2) is 0 Å². The van der Waals surface area contributed by atoms with Gasteiger partial charge < -0.3 is 24.7 Å². The molecule has 2 rings (SSSR count). The molecule has 0 saturated heterocycles. The minimum absolute atomic E-state index is 0.0953. The molecule has 230 valence electrons. The Morgan fingerprint density at radius 2 is 1.34 bits per heavy atom. The summed E-state index contributed by atoms with van der Waals surface area (Å²) in [5, 5.41) is 0. The minimum atomic E-state index is -1.01. The van der Waals surface area contributed by atoms with Crippen molar-refractivity contribution in [2.75, 3.05) is 0 Å². The standard InChI is InChI=1S/C32H49NO8/c1-7-20(3)16-29(34)40-27-15-14-24(19-28(27)41-30(35)17-21(4)8-2)18-26(33)32(37)39-23(6)22(5)38-31(36)25-12-10-9-11-13-25/h14-15,19-23,25-26H,7-13,16-18,33H2,1-6H3/t20?,21?,22?,23-,26-/m0/s1. The van der Waals surface area contributed by atoms with Crippen LogP contribution in [0.15, 0.2) is 18.2 Å². The van der Waals surface area contributed by atoms with Crippen molar-refractivity contribution in [3.63, 3.8) is 0 Å². The SMILES string of the molecule is CCC(C)CC(=O)Oc1ccc(C[C@H](N)C(=O)O[C@@H](C)C(C)OC(=O)C2CCCCC2)cc1OC(=O)CC(C)CC. The van der Waals surface area contributed by atoms with E-state index in [1.165, 1.54) is 0 Å². The molecule has 1 aliphatic carbocycles. The van der Waals surface area contributed by atoms with Crippen LogP contribution in [-0.4, -0.2) is 42.1 Å². The second-order valence-electron chi connectivity index (χ2n) is 11.6. The van der Waals surface area contributed by atoms with E-state index < -0.39 is 36.2 Å². The number of carbonyl (C=O) groups excluding carboxylic acids is 4. The molecule has 1 aliphatic rings. The van der Waals surface area contributed by atoms with Crippen molar-refractivity contribution in [1.29, 1.82) is 0 Å². The molecule has 1 saturated carbocycles. The lowest BCUT2D eigenvalue weighted by Crippen LogP contribution is -2.40. The number of hydrogen-bond acceptors (Lipinski definition) is 9. The van der Waals surface area contributed by atoms with E-state index in [2.05, 4.69) is 0 Å². The first-order valence-corrected chi connectivity index (χ1v) is 15.1. The van der Waals surface area contributed by atoms with Gasteiger partial charge in [-0.05, 0) is 62.6 Å². The molecule has 0 radical (unpaired) electrons. The van der Waals surface area contributed by atoms with Crippen LogP contribution in [0.5, 0.6) is 11.5 Å². The van der Waals surface area contributed by atoms with Gasteiger partial charge in [0.25, 0.3) is 0 Å². The molecule has 0 amide bonds. The summed E-state index contributed by atoms with van der Waals surface area (Å²) < 4.78 is 22.2. The predicted molar refractivity (Wildman–Crippen MR) is 155 cm³/mol. The van der Waals surface area contributed by atoms with E-state index in [0.29, 0.717) is 5.56 Å². The van der Waals surface area contributed by atoms with Crippen molar-refractivity contribution >= 4 is 23.9 Å². The van der Waals surface area contributed by atoms with Gasteiger partial charge in [0.15, 0.2) is 11.5 Å². The van der Waals surface area contributed by atoms with Gasteiger partial charge in [0.1, 0.15) is 18.2 Å². The molecular formula is C32H49NO8. The number of esters is 4. The van der Waals surface area contributed by atoms with Gasteiger partial charge in [0.2, 0.25) is 0 Å². The Balaban J connectivity index is 2.05. The molecule has 0 aromatic heterocycles. The predicted octanol–water partition coefficient (Wildman–Crippen LogP) is 5.68. The molecule has 1 fully saturated rings. The highest BCUT2D eigenvalue weighted by Gasteiger charge is 2.28. The first kappa shape index (κ1) is 34.3. The van der Waals surface area contributed by atoms with Crippen molar-refractivity contribution in [2.24, 2.45) is 23.5 Å². The van der Waals surface area contributed by atoms with Crippen LogP contribution in [0.4, 0.5) is 0 Å². The molecule has 5 atom stereocenters. The average Bonchev–Trinajstić information content (AvgIpc) is 2.94. The summed E-state index contributed by atoms with van der Waals surface area (Å²) in [5.41, 5.74) is 6.77. The second-order valence-corrected chi connectivity index (χ2v) is 11.6. The Morgan fingerprint density at radius 1 is 0.805 bits per heavy atom. The Morgan fingerprint density at radius 3 is 1.90 bits per heavy atom. The number of nitrogens with two attached hydrogens (primary N) is 1. The van der Waals surface area contributed by atoms with Crippen LogP contribution in [0, 0.1) is 17.8 Å². The van der Waals surface area contributed by atoms with E-state index in [1.54, 1.807) is 32.0 Å². The monoisotopic (exact) mass is 575 g/mol. The number of benzene rings is 1. The van der Waals surface area contributed by atoms with Crippen LogP contribution in [0.1, 0.15) is 105 Å². The van der Waals surface area contributed by atoms with Gasteiger partial charge in [-0.1, -0.05) is 65.9 Å². The minimum Gasteiger partial charge on any atom is -0.459 e. The number of rotatable bonds is 15. The lowest BCUT2D eigenvalue weighted by Gasteiger charge is -2.26. The van der Waals surface area contributed by atoms with Crippen molar-refractivity contribution in [1.82, 2.24) is 0 Å². The maximum Gasteiger partial charge on any atom is 0.323 e. The highest BCUT2D eigenvalue weighted by atomic mass is 16.6. The van der Waals surface area contributed by atoms with Crippen molar-refractivity contribution in [2.45, 2.75) is 124 Å². The lowest BCUT2D eigenvalue weighted by atomic mass is 9.89. The average molecular weight is 576 g/mol. The summed E-state index contributed by atoms with van der Waals surface area (Å²) in [4.78, 5) is 50.2. The Labute approximate surface area is 244 Å². The Hall–Kier alpha value is -2.94. The third-order valence-corrected chi connectivity index (χ3v) is 7.84. The van der Waals surface area contributed by atoms with Gasteiger partial charge in [0.05, 0.1) is 5.92 Å². The second kappa shape index (κ2) is 17.1. The first-order valence-electron chi connectivity index (χ1n) is 15.1.